The van der Waals surface area contributed by atoms with E-state index in [1.807, 2.05) is 13.0 Å². The van der Waals surface area contributed by atoms with E-state index >= 15 is 0 Å². The van der Waals surface area contributed by atoms with E-state index in [9.17, 15) is 5.11 Å². The Morgan fingerprint density at radius 3 is 2.94 bits per heavy atom. The van der Waals surface area contributed by atoms with Crippen molar-refractivity contribution in [3.63, 3.8) is 0 Å². The van der Waals surface area contributed by atoms with Crippen molar-refractivity contribution in [3.05, 3.63) is 22.9 Å². The average molecular weight is 245 g/mol. The summed E-state index contributed by atoms with van der Waals surface area (Å²) in [6.45, 7) is 3.75. The van der Waals surface area contributed by atoms with Gasteiger partial charge in [-0.25, -0.2) is 4.98 Å². The number of aryl methyl sites for hydroxylation is 2. The molecule has 0 aromatic carbocycles. The summed E-state index contributed by atoms with van der Waals surface area (Å²) in [6, 6.07) is 4.25. The molecule has 1 aromatic heterocycles. The maximum absolute atomic E-state index is 9.36. The van der Waals surface area contributed by atoms with Crippen LogP contribution in [-0.2, 0) is 12.8 Å². The van der Waals surface area contributed by atoms with E-state index in [-0.39, 0.29) is 12.1 Å². The van der Waals surface area contributed by atoms with Gasteiger partial charge in [0, 0.05) is 11.7 Å². The predicted molar refractivity (Wildman–Crippen MR) is 70.4 cm³/mol. The van der Waals surface area contributed by atoms with Crippen molar-refractivity contribution in [1.82, 2.24) is 4.98 Å². The lowest BCUT2D eigenvalue weighted by atomic mass is 10.1. The highest BCUT2D eigenvalue weighted by Gasteiger charge is 2.17. The van der Waals surface area contributed by atoms with E-state index in [1.54, 1.807) is 6.92 Å². The number of nitriles is 1. The van der Waals surface area contributed by atoms with Crippen molar-refractivity contribution in [3.8, 4) is 6.07 Å². The molecule has 96 valence electrons. The Balaban J connectivity index is 2.19. The minimum atomic E-state index is -0.354. The number of hydrogen-bond acceptors (Lipinski definition) is 4. The van der Waals surface area contributed by atoms with Gasteiger partial charge >= 0.3 is 0 Å². The van der Waals surface area contributed by atoms with E-state index in [4.69, 9.17) is 5.26 Å². The van der Waals surface area contributed by atoms with Crippen molar-refractivity contribution in [2.45, 2.75) is 51.7 Å². The zero-order chi connectivity index (χ0) is 13.1. The monoisotopic (exact) mass is 245 g/mol. The number of aliphatic hydroxyl groups excluding tert-OH is 1. The Kier molecular flexibility index (Phi) is 3.83. The van der Waals surface area contributed by atoms with Gasteiger partial charge in [-0.1, -0.05) is 0 Å². The van der Waals surface area contributed by atoms with Crippen LogP contribution in [0.4, 0.5) is 5.82 Å². The Morgan fingerprint density at radius 2 is 2.28 bits per heavy atom. The smallest absolute Gasteiger partial charge is 0.144 e. The molecule has 0 aliphatic heterocycles. The third-order valence-corrected chi connectivity index (χ3v) is 3.25. The number of fused-ring (bicyclic) bond motifs is 1. The number of hydrogen-bond donors (Lipinski definition) is 2. The lowest BCUT2D eigenvalue weighted by molar-refractivity contribution is 0.179. The van der Waals surface area contributed by atoms with Gasteiger partial charge in [-0.3, -0.25) is 0 Å². The third-order valence-electron chi connectivity index (χ3n) is 3.25. The number of aromatic nitrogens is 1. The van der Waals surface area contributed by atoms with Gasteiger partial charge in [-0.2, -0.15) is 5.26 Å². The number of nitrogens with one attached hydrogen (secondary N) is 1. The number of nitrogens with zero attached hydrogens (tertiary/aromatic N) is 2. The summed E-state index contributed by atoms with van der Waals surface area (Å²) in [6.07, 6.45) is 3.44. The first-order valence-electron chi connectivity index (χ1n) is 6.47. The van der Waals surface area contributed by atoms with Gasteiger partial charge < -0.3 is 10.4 Å². The number of rotatable bonds is 4. The first-order chi connectivity index (χ1) is 8.60. The molecule has 2 unspecified atom stereocenters. The fraction of sp³-hybridized carbons (Fsp3) is 0.571. The van der Waals surface area contributed by atoms with Crippen LogP contribution < -0.4 is 5.32 Å². The van der Waals surface area contributed by atoms with Gasteiger partial charge in [0.05, 0.1) is 11.7 Å². The summed E-state index contributed by atoms with van der Waals surface area (Å²) in [5, 5.41) is 21.8. The molecule has 0 saturated carbocycles. The summed E-state index contributed by atoms with van der Waals surface area (Å²) in [5.74, 6) is 0.659. The maximum atomic E-state index is 9.36. The number of pyridine rings is 1. The van der Waals surface area contributed by atoms with E-state index < -0.39 is 0 Å². The zero-order valence-electron chi connectivity index (χ0n) is 10.9. The summed E-state index contributed by atoms with van der Waals surface area (Å²) >= 11 is 0. The van der Waals surface area contributed by atoms with Crippen molar-refractivity contribution in [2.75, 3.05) is 5.32 Å². The molecule has 4 heteroatoms. The molecular formula is C14H19N3O. The molecule has 0 amide bonds. The van der Waals surface area contributed by atoms with E-state index in [1.165, 1.54) is 5.56 Å². The second-order valence-corrected chi connectivity index (χ2v) is 5.09. The molecule has 2 N–H and O–H groups in total. The minimum absolute atomic E-state index is 0.101. The van der Waals surface area contributed by atoms with Crippen LogP contribution in [0.3, 0.4) is 0 Å². The molecular weight excluding hydrogens is 226 g/mol. The summed E-state index contributed by atoms with van der Waals surface area (Å²) < 4.78 is 0. The molecule has 1 aromatic rings. The molecule has 2 rings (SSSR count). The van der Waals surface area contributed by atoms with Gasteiger partial charge in [0.25, 0.3) is 0 Å². The van der Waals surface area contributed by atoms with Gasteiger partial charge in [0.15, 0.2) is 0 Å². The van der Waals surface area contributed by atoms with Crippen LogP contribution in [0.5, 0.6) is 0 Å². The van der Waals surface area contributed by atoms with Crippen LogP contribution in [-0.4, -0.2) is 22.2 Å². The normalized spacial score (nSPS) is 16.8. The predicted octanol–water partition coefficient (Wildman–Crippen LogP) is 2.01. The van der Waals surface area contributed by atoms with Crippen molar-refractivity contribution < 1.29 is 5.11 Å². The molecule has 18 heavy (non-hydrogen) atoms. The van der Waals surface area contributed by atoms with Crippen LogP contribution >= 0.6 is 0 Å². The SMILES string of the molecule is CC(O)CC(C)Nc1nc2c(cc1C#N)CCC2. The first-order valence-corrected chi connectivity index (χ1v) is 6.47. The summed E-state index contributed by atoms with van der Waals surface area (Å²) in [5.41, 5.74) is 2.93. The first kappa shape index (κ1) is 12.8. The molecule has 1 aliphatic carbocycles. The highest BCUT2D eigenvalue weighted by molar-refractivity contribution is 5.55. The second kappa shape index (κ2) is 5.36. The topological polar surface area (TPSA) is 68.9 Å². The Labute approximate surface area is 108 Å². The molecule has 1 heterocycles. The van der Waals surface area contributed by atoms with Crippen LogP contribution in [0.15, 0.2) is 6.07 Å². The fourth-order valence-electron chi connectivity index (χ4n) is 2.47. The average Bonchev–Trinajstić information content (AvgIpc) is 2.73. The van der Waals surface area contributed by atoms with Crippen molar-refractivity contribution in [1.29, 1.82) is 5.26 Å². The highest BCUT2D eigenvalue weighted by Crippen LogP contribution is 2.25. The van der Waals surface area contributed by atoms with Crippen LogP contribution in [0.25, 0.3) is 0 Å². The molecule has 1 aliphatic rings. The zero-order valence-corrected chi connectivity index (χ0v) is 10.9. The molecule has 0 spiro atoms. The molecule has 2 atom stereocenters. The van der Waals surface area contributed by atoms with Crippen LogP contribution in [0.2, 0.25) is 0 Å². The summed E-state index contributed by atoms with van der Waals surface area (Å²) in [4.78, 5) is 4.56. The molecule has 0 bridgehead atoms. The largest absolute Gasteiger partial charge is 0.393 e. The van der Waals surface area contributed by atoms with E-state index in [0.29, 0.717) is 17.8 Å². The molecule has 0 radical (unpaired) electrons. The third kappa shape index (κ3) is 2.80. The van der Waals surface area contributed by atoms with Gasteiger partial charge in [0.2, 0.25) is 0 Å². The van der Waals surface area contributed by atoms with Gasteiger partial charge in [0.1, 0.15) is 11.9 Å². The second-order valence-electron chi connectivity index (χ2n) is 5.09. The lowest BCUT2D eigenvalue weighted by Gasteiger charge is -2.17. The number of aliphatic hydroxyl groups is 1. The fourth-order valence-corrected chi connectivity index (χ4v) is 2.47. The van der Waals surface area contributed by atoms with Crippen molar-refractivity contribution in [2.24, 2.45) is 0 Å². The Hall–Kier alpha value is -1.60. The van der Waals surface area contributed by atoms with Crippen LogP contribution in [0.1, 0.15) is 43.5 Å². The van der Waals surface area contributed by atoms with Gasteiger partial charge in [-0.05, 0) is 51.2 Å². The molecule has 0 saturated heterocycles. The van der Waals surface area contributed by atoms with Crippen molar-refractivity contribution >= 4 is 5.82 Å². The maximum Gasteiger partial charge on any atom is 0.144 e. The molecule has 4 nitrogen and oxygen atoms in total. The quantitative estimate of drug-likeness (QED) is 0.851. The Morgan fingerprint density at radius 1 is 1.50 bits per heavy atom. The minimum Gasteiger partial charge on any atom is -0.393 e. The summed E-state index contributed by atoms with van der Waals surface area (Å²) in [7, 11) is 0. The number of anilines is 1. The van der Waals surface area contributed by atoms with Gasteiger partial charge in [-0.15, -0.1) is 0 Å². The Bertz CT molecular complexity index is 477. The van der Waals surface area contributed by atoms with E-state index in [0.717, 1.165) is 25.0 Å². The van der Waals surface area contributed by atoms with Crippen LogP contribution in [0, 0.1) is 11.3 Å². The standard InChI is InChI=1S/C14H19N3O/c1-9(6-10(2)18)16-14-12(8-15)7-11-4-3-5-13(11)17-14/h7,9-10,18H,3-6H2,1-2H3,(H,16,17). The highest BCUT2D eigenvalue weighted by atomic mass is 16.3. The van der Waals surface area contributed by atoms with E-state index in [2.05, 4.69) is 16.4 Å². The lowest BCUT2D eigenvalue weighted by Crippen LogP contribution is -2.22. The molecule has 0 fully saturated rings.